The average Bonchev–Trinajstić information content (AvgIpc) is 2.75. The molecule has 0 aromatic carbocycles. The van der Waals surface area contributed by atoms with Gasteiger partial charge in [0.15, 0.2) is 6.54 Å². The summed E-state index contributed by atoms with van der Waals surface area (Å²) in [7, 11) is 0.763. The Labute approximate surface area is 110 Å². The molecule has 5 heteroatoms. The standard InChI is InChI=1S/C13H22N4P/c1-4-7-8-16-9-11-12(5-2)14-10-15-13(11)17(16)18-6-3/h9-10,18H,4-8H2,1-3H3/q+1. The number of fused-ring (bicyclic) bond motifs is 1. The Bertz CT molecular complexity index is 521. The largest absolute Gasteiger partial charge is 0.240 e. The van der Waals surface area contributed by atoms with Gasteiger partial charge in [-0.1, -0.05) is 27.2 Å². The summed E-state index contributed by atoms with van der Waals surface area (Å²) in [5.74, 6) is 0. The fourth-order valence-electron chi connectivity index (χ4n) is 2.13. The van der Waals surface area contributed by atoms with Gasteiger partial charge in [0.05, 0.1) is 5.69 Å². The van der Waals surface area contributed by atoms with E-state index in [0.29, 0.717) is 0 Å². The molecule has 0 spiro atoms. The molecule has 2 aromatic rings. The topological polar surface area (TPSA) is 34.6 Å². The van der Waals surface area contributed by atoms with Crippen LogP contribution in [0.15, 0.2) is 12.5 Å². The van der Waals surface area contributed by atoms with Crippen molar-refractivity contribution < 1.29 is 4.68 Å². The van der Waals surface area contributed by atoms with Gasteiger partial charge in [0.2, 0.25) is 11.8 Å². The first-order valence-electron chi connectivity index (χ1n) is 6.80. The first-order valence-corrected chi connectivity index (χ1v) is 7.96. The lowest BCUT2D eigenvalue weighted by molar-refractivity contribution is -0.757. The van der Waals surface area contributed by atoms with Crippen LogP contribution in [-0.4, -0.2) is 20.6 Å². The second-order valence-corrected chi connectivity index (χ2v) is 5.83. The van der Waals surface area contributed by atoms with Crippen LogP contribution in [0.1, 0.15) is 39.3 Å². The van der Waals surface area contributed by atoms with E-state index in [1.54, 1.807) is 6.33 Å². The highest BCUT2D eigenvalue weighted by atomic mass is 31.1. The molecule has 0 saturated carbocycles. The van der Waals surface area contributed by atoms with Gasteiger partial charge in [-0.3, -0.25) is 0 Å². The molecule has 1 atom stereocenters. The minimum absolute atomic E-state index is 0.763. The quantitative estimate of drug-likeness (QED) is 0.594. The van der Waals surface area contributed by atoms with E-state index in [1.807, 2.05) is 0 Å². The summed E-state index contributed by atoms with van der Waals surface area (Å²) >= 11 is 0. The SMILES string of the molecule is CCCC[n+]1cc2c(CC)ncnc2n1PCC. The lowest BCUT2D eigenvalue weighted by Gasteiger charge is -2.01. The Kier molecular flexibility index (Phi) is 4.65. The van der Waals surface area contributed by atoms with E-state index >= 15 is 0 Å². The maximum atomic E-state index is 4.48. The van der Waals surface area contributed by atoms with Crippen molar-refractivity contribution >= 4 is 19.8 Å². The smallest absolute Gasteiger partial charge is 0.208 e. The highest BCUT2D eigenvalue weighted by Crippen LogP contribution is 2.21. The second kappa shape index (κ2) is 6.24. The number of nitrogens with zero attached hydrogens (tertiary/aromatic N) is 4. The van der Waals surface area contributed by atoms with Crippen LogP contribution in [0.2, 0.25) is 0 Å². The molecule has 1 unspecified atom stereocenters. The third-order valence-electron chi connectivity index (χ3n) is 3.06. The van der Waals surface area contributed by atoms with E-state index < -0.39 is 0 Å². The van der Waals surface area contributed by atoms with E-state index in [1.165, 1.54) is 18.2 Å². The van der Waals surface area contributed by atoms with Crippen LogP contribution in [0.25, 0.3) is 11.0 Å². The maximum absolute atomic E-state index is 4.48. The third-order valence-corrected chi connectivity index (χ3v) is 4.15. The van der Waals surface area contributed by atoms with Crippen LogP contribution in [-0.2, 0) is 13.0 Å². The number of hydrogen-bond acceptors (Lipinski definition) is 2. The van der Waals surface area contributed by atoms with Gasteiger partial charge >= 0.3 is 0 Å². The first-order chi connectivity index (χ1) is 8.81. The molecule has 2 rings (SSSR count). The van der Waals surface area contributed by atoms with Crippen LogP contribution >= 0.6 is 8.73 Å². The lowest BCUT2D eigenvalue weighted by atomic mass is 10.2. The summed E-state index contributed by atoms with van der Waals surface area (Å²) in [6.07, 6.45) is 8.47. The summed E-state index contributed by atoms with van der Waals surface area (Å²) in [5, 5.41) is 1.22. The summed E-state index contributed by atoms with van der Waals surface area (Å²) in [5.41, 5.74) is 2.25. The van der Waals surface area contributed by atoms with E-state index in [0.717, 1.165) is 39.2 Å². The lowest BCUT2D eigenvalue weighted by Crippen LogP contribution is -2.39. The number of aromatic nitrogens is 4. The van der Waals surface area contributed by atoms with Gasteiger partial charge in [-0.15, -0.1) is 9.13 Å². The number of unbranched alkanes of at least 4 members (excludes halogenated alkanes) is 1. The molecule has 0 amide bonds. The predicted molar refractivity (Wildman–Crippen MR) is 76.3 cm³/mol. The monoisotopic (exact) mass is 265 g/mol. The van der Waals surface area contributed by atoms with Crippen molar-refractivity contribution in [3.05, 3.63) is 18.2 Å². The van der Waals surface area contributed by atoms with Crippen molar-refractivity contribution in [3.63, 3.8) is 0 Å². The molecule has 4 nitrogen and oxygen atoms in total. The van der Waals surface area contributed by atoms with Crippen LogP contribution in [0.4, 0.5) is 0 Å². The van der Waals surface area contributed by atoms with E-state index in [2.05, 4.69) is 46.1 Å². The van der Waals surface area contributed by atoms with Crippen LogP contribution in [0, 0.1) is 0 Å². The highest BCUT2D eigenvalue weighted by Gasteiger charge is 2.18. The Balaban J connectivity index is 2.51. The van der Waals surface area contributed by atoms with Crippen LogP contribution < -0.4 is 4.68 Å². The highest BCUT2D eigenvalue weighted by molar-refractivity contribution is 7.36. The van der Waals surface area contributed by atoms with E-state index in [-0.39, 0.29) is 0 Å². The fraction of sp³-hybridized carbons (Fsp3) is 0.615. The number of aryl methyl sites for hydroxylation is 2. The maximum Gasteiger partial charge on any atom is 0.208 e. The fourth-order valence-corrected chi connectivity index (χ4v) is 3.10. The van der Waals surface area contributed by atoms with Gasteiger partial charge in [-0.2, -0.15) is 0 Å². The van der Waals surface area contributed by atoms with Crippen molar-refractivity contribution in [2.24, 2.45) is 0 Å². The molecule has 2 aromatic heterocycles. The summed E-state index contributed by atoms with van der Waals surface area (Å²) in [6, 6.07) is 0. The number of hydrogen-bond donors (Lipinski definition) is 0. The molecule has 0 bridgehead atoms. The zero-order valence-corrected chi connectivity index (χ0v) is 12.5. The zero-order chi connectivity index (χ0) is 13.0. The van der Waals surface area contributed by atoms with Crippen LogP contribution in [0.5, 0.6) is 0 Å². The molecule has 0 N–H and O–H groups in total. The Morgan fingerprint density at radius 3 is 2.78 bits per heavy atom. The molecule has 0 aliphatic heterocycles. The zero-order valence-electron chi connectivity index (χ0n) is 11.5. The van der Waals surface area contributed by atoms with Crippen molar-refractivity contribution in [1.82, 2.24) is 14.4 Å². The van der Waals surface area contributed by atoms with Crippen molar-refractivity contribution in [1.29, 1.82) is 0 Å². The Morgan fingerprint density at radius 2 is 2.11 bits per heavy atom. The molecule has 18 heavy (non-hydrogen) atoms. The van der Waals surface area contributed by atoms with Crippen molar-refractivity contribution in [2.45, 2.75) is 46.6 Å². The Hall–Kier alpha value is -1.02. The van der Waals surface area contributed by atoms with Gasteiger partial charge in [0.1, 0.15) is 11.7 Å². The van der Waals surface area contributed by atoms with Gasteiger partial charge in [0, 0.05) is 15.2 Å². The second-order valence-electron chi connectivity index (χ2n) is 4.38. The van der Waals surface area contributed by atoms with E-state index in [4.69, 9.17) is 0 Å². The normalized spacial score (nSPS) is 11.9. The minimum atomic E-state index is 0.763. The molecule has 0 aliphatic carbocycles. The van der Waals surface area contributed by atoms with Crippen LogP contribution in [0.3, 0.4) is 0 Å². The molecule has 2 heterocycles. The molecule has 0 aliphatic rings. The molecule has 0 fully saturated rings. The Morgan fingerprint density at radius 1 is 1.28 bits per heavy atom. The van der Waals surface area contributed by atoms with Crippen molar-refractivity contribution in [3.8, 4) is 0 Å². The molecule has 98 valence electrons. The average molecular weight is 265 g/mol. The summed E-state index contributed by atoms with van der Waals surface area (Å²) in [4.78, 5) is 8.86. The molecule has 0 radical (unpaired) electrons. The third kappa shape index (κ3) is 2.54. The molecular formula is C13H22N4P+. The number of rotatable bonds is 6. The summed E-state index contributed by atoms with van der Waals surface area (Å²) in [6.45, 7) is 7.67. The molecule has 0 saturated heterocycles. The summed E-state index contributed by atoms with van der Waals surface area (Å²) < 4.78 is 4.65. The van der Waals surface area contributed by atoms with Gasteiger partial charge in [-0.25, -0.2) is 9.97 Å². The first kappa shape index (κ1) is 13.4. The minimum Gasteiger partial charge on any atom is -0.240 e. The van der Waals surface area contributed by atoms with Gasteiger partial charge in [0.25, 0.3) is 0 Å². The van der Waals surface area contributed by atoms with E-state index in [9.17, 15) is 0 Å². The predicted octanol–water partition coefficient (Wildman–Crippen LogP) is 2.54. The van der Waals surface area contributed by atoms with Gasteiger partial charge < -0.3 is 0 Å². The van der Waals surface area contributed by atoms with Gasteiger partial charge in [-0.05, 0) is 12.6 Å². The van der Waals surface area contributed by atoms with Crippen molar-refractivity contribution in [2.75, 3.05) is 6.16 Å². The molecular weight excluding hydrogens is 243 g/mol.